The lowest BCUT2D eigenvalue weighted by Gasteiger charge is -2.02. The Bertz CT molecular complexity index is 600. The molecule has 19 heavy (non-hydrogen) atoms. The van der Waals surface area contributed by atoms with Gasteiger partial charge in [0.15, 0.2) is 5.76 Å². The smallest absolute Gasteiger partial charge is 0.177 e. The van der Waals surface area contributed by atoms with Crippen molar-refractivity contribution in [1.29, 1.82) is 0 Å². The van der Waals surface area contributed by atoms with Crippen LogP contribution in [0.4, 0.5) is 0 Å². The highest BCUT2D eigenvalue weighted by atomic mass is 32.1. The highest BCUT2D eigenvalue weighted by Crippen LogP contribution is 2.24. The van der Waals surface area contributed by atoms with Gasteiger partial charge in [0.25, 0.3) is 0 Å². The minimum Gasteiger partial charge on any atom is -0.355 e. The van der Waals surface area contributed by atoms with Crippen molar-refractivity contribution in [2.24, 2.45) is 0 Å². The summed E-state index contributed by atoms with van der Waals surface area (Å²) in [5.41, 5.74) is 0.920. The van der Waals surface area contributed by atoms with Gasteiger partial charge in [-0.15, -0.1) is 11.3 Å². The lowest BCUT2D eigenvalue weighted by Crippen LogP contribution is -2.19. The van der Waals surface area contributed by atoms with Crippen molar-refractivity contribution < 1.29 is 4.52 Å². The van der Waals surface area contributed by atoms with E-state index in [4.69, 9.17) is 4.52 Å². The maximum atomic E-state index is 5.31. The molecule has 0 bridgehead atoms. The van der Waals surface area contributed by atoms with Crippen LogP contribution >= 0.6 is 11.3 Å². The van der Waals surface area contributed by atoms with Crippen LogP contribution in [0.3, 0.4) is 0 Å². The first-order chi connectivity index (χ1) is 9.42. The highest BCUT2D eigenvalue weighted by Gasteiger charge is 2.06. The molecule has 0 aliphatic heterocycles. The van der Waals surface area contributed by atoms with E-state index in [0.717, 1.165) is 29.4 Å². The Morgan fingerprint density at radius 2 is 2.37 bits per heavy atom. The number of nitrogens with one attached hydrogen (secondary N) is 1. The number of nitrogens with zero attached hydrogens (tertiary/aromatic N) is 3. The number of hydrogen-bond acceptors (Lipinski definition) is 5. The molecule has 98 valence electrons. The molecule has 0 saturated heterocycles. The van der Waals surface area contributed by atoms with E-state index in [-0.39, 0.29) is 0 Å². The van der Waals surface area contributed by atoms with Crippen LogP contribution in [0.2, 0.25) is 0 Å². The standard InChI is InChI=1S/C13H14N4OS/c1-3-13(19-8-1)12-9-11(16-18-12)10-14-5-7-17-6-2-4-15-17/h1-4,6,8-9,14H,5,7,10H2. The van der Waals surface area contributed by atoms with Crippen molar-refractivity contribution in [1.82, 2.24) is 20.3 Å². The van der Waals surface area contributed by atoms with E-state index >= 15 is 0 Å². The summed E-state index contributed by atoms with van der Waals surface area (Å²) in [6.45, 7) is 2.40. The van der Waals surface area contributed by atoms with Gasteiger partial charge < -0.3 is 9.84 Å². The van der Waals surface area contributed by atoms with Crippen LogP contribution in [-0.4, -0.2) is 21.5 Å². The molecule has 3 aromatic heterocycles. The fraction of sp³-hybridized carbons (Fsp3) is 0.231. The zero-order valence-corrected chi connectivity index (χ0v) is 11.1. The zero-order chi connectivity index (χ0) is 12.9. The molecule has 0 saturated carbocycles. The predicted octanol–water partition coefficient (Wildman–Crippen LogP) is 2.39. The van der Waals surface area contributed by atoms with E-state index in [1.165, 1.54) is 0 Å². The molecule has 3 rings (SSSR count). The van der Waals surface area contributed by atoms with Crippen LogP contribution in [0.5, 0.6) is 0 Å². The summed E-state index contributed by atoms with van der Waals surface area (Å²) >= 11 is 1.65. The van der Waals surface area contributed by atoms with Crippen molar-refractivity contribution in [2.75, 3.05) is 6.54 Å². The molecule has 6 heteroatoms. The van der Waals surface area contributed by atoms with Crippen molar-refractivity contribution in [2.45, 2.75) is 13.1 Å². The molecule has 0 radical (unpaired) electrons. The van der Waals surface area contributed by atoms with Gasteiger partial charge in [-0.1, -0.05) is 11.2 Å². The molecule has 3 heterocycles. The number of aromatic nitrogens is 3. The van der Waals surface area contributed by atoms with Crippen molar-refractivity contribution >= 4 is 11.3 Å². The third kappa shape index (κ3) is 3.10. The third-order valence-corrected chi connectivity index (χ3v) is 3.59. The number of hydrogen-bond donors (Lipinski definition) is 1. The van der Waals surface area contributed by atoms with E-state index < -0.39 is 0 Å². The lowest BCUT2D eigenvalue weighted by atomic mass is 10.3. The van der Waals surface area contributed by atoms with Crippen LogP contribution in [0.1, 0.15) is 5.69 Å². The quantitative estimate of drug-likeness (QED) is 0.701. The second-order valence-corrected chi connectivity index (χ2v) is 5.05. The monoisotopic (exact) mass is 274 g/mol. The van der Waals surface area contributed by atoms with Crippen LogP contribution < -0.4 is 5.32 Å². The average molecular weight is 274 g/mol. The third-order valence-electron chi connectivity index (χ3n) is 2.71. The minimum atomic E-state index is 0.705. The fourth-order valence-electron chi connectivity index (χ4n) is 1.77. The molecular formula is C13H14N4OS. The topological polar surface area (TPSA) is 55.9 Å². The van der Waals surface area contributed by atoms with Gasteiger partial charge in [-0.2, -0.15) is 5.10 Å². The molecule has 0 spiro atoms. The first-order valence-corrected chi connectivity index (χ1v) is 6.97. The minimum absolute atomic E-state index is 0.705. The molecule has 1 N–H and O–H groups in total. The Labute approximate surface area is 114 Å². The molecule has 3 aromatic rings. The second-order valence-electron chi connectivity index (χ2n) is 4.11. The molecule has 0 aromatic carbocycles. The maximum absolute atomic E-state index is 5.31. The maximum Gasteiger partial charge on any atom is 0.177 e. The average Bonchev–Trinajstić information content (AvgIpc) is 3.15. The van der Waals surface area contributed by atoms with Gasteiger partial charge in [0, 0.05) is 31.5 Å². The Morgan fingerprint density at radius 3 is 3.16 bits per heavy atom. The Balaban J connectivity index is 1.48. The Kier molecular flexibility index (Phi) is 3.71. The molecular weight excluding hydrogens is 260 g/mol. The van der Waals surface area contributed by atoms with Crippen LogP contribution in [0.15, 0.2) is 46.6 Å². The summed E-state index contributed by atoms with van der Waals surface area (Å²) in [7, 11) is 0. The summed E-state index contributed by atoms with van der Waals surface area (Å²) in [6.07, 6.45) is 3.73. The van der Waals surface area contributed by atoms with Crippen LogP contribution in [0, 0.1) is 0 Å². The lowest BCUT2D eigenvalue weighted by molar-refractivity contribution is 0.419. The molecule has 0 unspecified atom stereocenters. The van der Waals surface area contributed by atoms with Crippen molar-refractivity contribution in [3.63, 3.8) is 0 Å². The largest absolute Gasteiger partial charge is 0.355 e. The van der Waals surface area contributed by atoms with E-state index in [0.29, 0.717) is 6.54 Å². The molecule has 0 aliphatic rings. The van der Waals surface area contributed by atoms with Gasteiger partial charge >= 0.3 is 0 Å². The van der Waals surface area contributed by atoms with Gasteiger partial charge in [0.2, 0.25) is 0 Å². The summed E-state index contributed by atoms with van der Waals surface area (Å²) in [4.78, 5) is 1.11. The van der Waals surface area contributed by atoms with Crippen LogP contribution in [0.25, 0.3) is 10.6 Å². The van der Waals surface area contributed by atoms with Gasteiger partial charge in [-0.25, -0.2) is 0 Å². The van der Waals surface area contributed by atoms with Crippen molar-refractivity contribution in [3.05, 3.63) is 47.7 Å². The summed E-state index contributed by atoms with van der Waals surface area (Å²) in [5.74, 6) is 0.832. The van der Waals surface area contributed by atoms with Gasteiger partial charge in [-0.3, -0.25) is 4.68 Å². The van der Waals surface area contributed by atoms with Crippen molar-refractivity contribution in [3.8, 4) is 10.6 Å². The zero-order valence-electron chi connectivity index (χ0n) is 10.3. The SMILES string of the molecule is c1csc(-c2cc(CNCCn3cccn3)no2)c1. The molecule has 0 fully saturated rings. The number of thiophene rings is 1. The van der Waals surface area contributed by atoms with Gasteiger partial charge in [0.1, 0.15) is 0 Å². The van der Waals surface area contributed by atoms with Gasteiger partial charge in [0.05, 0.1) is 17.1 Å². The molecule has 5 nitrogen and oxygen atoms in total. The number of rotatable bonds is 6. The second kappa shape index (κ2) is 5.81. The molecule has 0 aliphatic carbocycles. The van der Waals surface area contributed by atoms with E-state index in [2.05, 4.69) is 15.6 Å². The van der Waals surface area contributed by atoms with E-state index in [1.807, 2.05) is 40.5 Å². The Morgan fingerprint density at radius 1 is 1.37 bits per heavy atom. The first-order valence-electron chi connectivity index (χ1n) is 6.09. The molecule has 0 amide bonds. The fourth-order valence-corrected chi connectivity index (χ4v) is 2.45. The summed E-state index contributed by atoms with van der Waals surface area (Å²) in [6, 6.07) is 7.93. The summed E-state index contributed by atoms with van der Waals surface area (Å²) < 4.78 is 7.21. The first kappa shape index (κ1) is 12.1. The van der Waals surface area contributed by atoms with Gasteiger partial charge in [-0.05, 0) is 17.5 Å². The highest BCUT2D eigenvalue weighted by molar-refractivity contribution is 7.13. The van der Waals surface area contributed by atoms with Crippen LogP contribution in [-0.2, 0) is 13.1 Å². The van der Waals surface area contributed by atoms with E-state index in [9.17, 15) is 0 Å². The predicted molar refractivity (Wildman–Crippen MR) is 73.7 cm³/mol. The Hall–Kier alpha value is -1.92. The van der Waals surface area contributed by atoms with E-state index in [1.54, 1.807) is 17.5 Å². The summed E-state index contributed by atoms with van der Waals surface area (Å²) in [5, 5.41) is 13.5. The normalized spacial score (nSPS) is 10.9. The molecule has 0 atom stereocenters.